The lowest BCUT2D eigenvalue weighted by molar-refractivity contribution is 0.102. The van der Waals surface area contributed by atoms with Gasteiger partial charge in [-0.1, -0.05) is 11.6 Å². The molecule has 3 N–H and O–H groups in total. The molecule has 0 radical (unpaired) electrons. The standard InChI is InChI=1S/C11H8BrClN4O/c12-7-5-16-9(14)4-6(7)11(18)17-10-8(13)2-1-3-15-10/h1-5H,(H2,14,16)(H,15,17,18). The van der Waals surface area contributed by atoms with Gasteiger partial charge in [0.25, 0.3) is 5.91 Å². The number of rotatable bonds is 2. The molecule has 0 aliphatic heterocycles. The van der Waals surface area contributed by atoms with Gasteiger partial charge in [-0.25, -0.2) is 9.97 Å². The normalized spacial score (nSPS) is 10.1. The summed E-state index contributed by atoms with van der Waals surface area (Å²) < 4.78 is 0.543. The van der Waals surface area contributed by atoms with Crippen LogP contribution in [0.1, 0.15) is 10.4 Å². The van der Waals surface area contributed by atoms with Crippen LogP contribution in [-0.4, -0.2) is 15.9 Å². The van der Waals surface area contributed by atoms with E-state index in [1.54, 1.807) is 12.1 Å². The third-order valence-corrected chi connectivity index (χ3v) is 3.05. The highest BCUT2D eigenvalue weighted by Crippen LogP contribution is 2.21. The van der Waals surface area contributed by atoms with Crippen LogP contribution in [0.2, 0.25) is 5.02 Å². The van der Waals surface area contributed by atoms with Crippen molar-refractivity contribution in [1.82, 2.24) is 9.97 Å². The fourth-order valence-corrected chi connectivity index (χ4v) is 1.85. The van der Waals surface area contributed by atoms with E-state index in [1.807, 2.05) is 0 Å². The minimum Gasteiger partial charge on any atom is -0.384 e. The molecular formula is C11H8BrClN4O. The number of anilines is 2. The Bertz CT molecular complexity index is 605. The molecule has 0 aliphatic rings. The van der Waals surface area contributed by atoms with E-state index in [0.29, 0.717) is 20.9 Å². The van der Waals surface area contributed by atoms with Crippen molar-refractivity contribution in [3.8, 4) is 0 Å². The first-order chi connectivity index (χ1) is 8.58. The number of aromatic nitrogens is 2. The summed E-state index contributed by atoms with van der Waals surface area (Å²) >= 11 is 9.13. The molecule has 0 saturated heterocycles. The molecule has 1 amide bonds. The highest BCUT2D eigenvalue weighted by molar-refractivity contribution is 9.10. The molecule has 5 nitrogen and oxygen atoms in total. The van der Waals surface area contributed by atoms with Crippen LogP contribution in [0.15, 0.2) is 35.1 Å². The zero-order valence-electron chi connectivity index (χ0n) is 9.02. The molecular weight excluding hydrogens is 320 g/mol. The van der Waals surface area contributed by atoms with Gasteiger partial charge in [0, 0.05) is 16.9 Å². The minimum absolute atomic E-state index is 0.260. The summed E-state index contributed by atoms with van der Waals surface area (Å²) in [5.74, 6) is 0.193. The van der Waals surface area contributed by atoms with Gasteiger partial charge in [0.05, 0.1) is 10.6 Å². The topological polar surface area (TPSA) is 80.9 Å². The number of amides is 1. The molecule has 0 fully saturated rings. The molecule has 2 rings (SSSR count). The summed E-state index contributed by atoms with van der Waals surface area (Å²) in [6.07, 6.45) is 3.00. The summed E-state index contributed by atoms with van der Waals surface area (Å²) in [5.41, 5.74) is 5.90. The third-order valence-electron chi connectivity index (χ3n) is 2.11. The average Bonchev–Trinajstić information content (AvgIpc) is 2.35. The molecule has 0 bridgehead atoms. The zero-order valence-corrected chi connectivity index (χ0v) is 11.4. The van der Waals surface area contributed by atoms with Crippen molar-refractivity contribution in [2.24, 2.45) is 0 Å². The molecule has 0 aliphatic carbocycles. The van der Waals surface area contributed by atoms with E-state index in [0.717, 1.165) is 0 Å². The molecule has 0 spiro atoms. The van der Waals surface area contributed by atoms with Crippen LogP contribution >= 0.6 is 27.5 Å². The van der Waals surface area contributed by atoms with Crippen LogP contribution in [0, 0.1) is 0 Å². The van der Waals surface area contributed by atoms with E-state index in [4.69, 9.17) is 17.3 Å². The second kappa shape index (κ2) is 5.32. The Morgan fingerprint density at radius 3 is 2.94 bits per heavy atom. The minimum atomic E-state index is -0.364. The molecule has 2 aromatic heterocycles. The lowest BCUT2D eigenvalue weighted by Crippen LogP contribution is -2.14. The smallest absolute Gasteiger partial charge is 0.258 e. The molecule has 0 aromatic carbocycles. The Labute approximate surface area is 117 Å². The number of carbonyl (C=O) groups is 1. The Kier molecular flexibility index (Phi) is 3.78. The number of nitrogens with two attached hydrogens (primary N) is 1. The van der Waals surface area contributed by atoms with Crippen LogP contribution in [-0.2, 0) is 0 Å². The van der Waals surface area contributed by atoms with Crippen LogP contribution < -0.4 is 11.1 Å². The Morgan fingerprint density at radius 1 is 1.44 bits per heavy atom. The molecule has 2 heterocycles. The Morgan fingerprint density at radius 2 is 2.22 bits per heavy atom. The molecule has 0 atom stereocenters. The van der Waals surface area contributed by atoms with Crippen molar-refractivity contribution >= 4 is 45.1 Å². The maximum atomic E-state index is 12.0. The molecule has 7 heteroatoms. The number of halogens is 2. The van der Waals surface area contributed by atoms with Crippen LogP contribution in [0.3, 0.4) is 0 Å². The summed E-state index contributed by atoms with van der Waals surface area (Å²) in [6, 6.07) is 4.79. The summed E-state index contributed by atoms with van der Waals surface area (Å²) in [5, 5.41) is 2.96. The third kappa shape index (κ3) is 2.77. The molecule has 18 heavy (non-hydrogen) atoms. The van der Waals surface area contributed by atoms with Crippen molar-refractivity contribution in [2.75, 3.05) is 11.1 Å². The van der Waals surface area contributed by atoms with E-state index in [-0.39, 0.29) is 11.7 Å². The summed E-state index contributed by atoms with van der Waals surface area (Å²) in [4.78, 5) is 19.8. The lowest BCUT2D eigenvalue weighted by atomic mass is 10.2. The second-order valence-electron chi connectivity index (χ2n) is 3.38. The number of nitrogens with one attached hydrogen (secondary N) is 1. The SMILES string of the molecule is Nc1cc(C(=O)Nc2ncccc2Cl)c(Br)cn1. The number of nitrogens with zero attached hydrogens (tertiary/aromatic N) is 2. The molecule has 0 saturated carbocycles. The first-order valence-corrected chi connectivity index (χ1v) is 6.08. The fraction of sp³-hybridized carbons (Fsp3) is 0. The van der Waals surface area contributed by atoms with E-state index >= 15 is 0 Å². The van der Waals surface area contributed by atoms with Gasteiger partial charge in [-0.05, 0) is 34.1 Å². The number of carbonyl (C=O) groups excluding carboxylic acids is 1. The first kappa shape index (κ1) is 12.8. The van der Waals surface area contributed by atoms with E-state index < -0.39 is 0 Å². The van der Waals surface area contributed by atoms with Gasteiger partial charge in [-0.2, -0.15) is 0 Å². The van der Waals surface area contributed by atoms with Crippen molar-refractivity contribution in [3.63, 3.8) is 0 Å². The van der Waals surface area contributed by atoms with E-state index in [2.05, 4.69) is 31.2 Å². The van der Waals surface area contributed by atoms with Crippen LogP contribution in [0.5, 0.6) is 0 Å². The maximum absolute atomic E-state index is 12.0. The second-order valence-corrected chi connectivity index (χ2v) is 4.64. The fourth-order valence-electron chi connectivity index (χ4n) is 1.28. The number of hydrogen-bond acceptors (Lipinski definition) is 4. The van der Waals surface area contributed by atoms with Gasteiger partial charge < -0.3 is 11.1 Å². The van der Waals surface area contributed by atoms with Crippen LogP contribution in [0.25, 0.3) is 0 Å². The van der Waals surface area contributed by atoms with E-state index in [9.17, 15) is 4.79 Å². The Hall–Kier alpha value is -1.66. The highest BCUT2D eigenvalue weighted by Gasteiger charge is 2.13. The van der Waals surface area contributed by atoms with Crippen molar-refractivity contribution in [2.45, 2.75) is 0 Å². The summed E-state index contributed by atoms with van der Waals surface area (Å²) in [6.45, 7) is 0. The molecule has 2 aromatic rings. The largest absolute Gasteiger partial charge is 0.384 e. The average molecular weight is 328 g/mol. The predicted molar refractivity (Wildman–Crippen MR) is 73.5 cm³/mol. The van der Waals surface area contributed by atoms with Crippen molar-refractivity contribution in [3.05, 3.63) is 45.7 Å². The lowest BCUT2D eigenvalue weighted by Gasteiger charge is -2.07. The van der Waals surface area contributed by atoms with Gasteiger partial charge in [0.15, 0.2) is 5.82 Å². The monoisotopic (exact) mass is 326 g/mol. The van der Waals surface area contributed by atoms with Gasteiger partial charge in [0.2, 0.25) is 0 Å². The molecule has 0 unspecified atom stereocenters. The first-order valence-electron chi connectivity index (χ1n) is 4.91. The van der Waals surface area contributed by atoms with Gasteiger partial charge in [0.1, 0.15) is 5.82 Å². The molecule has 92 valence electrons. The predicted octanol–water partition coefficient (Wildman–Crippen LogP) is 2.73. The van der Waals surface area contributed by atoms with Gasteiger partial charge >= 0.3 is 0 Å². The van der Waals surface area contributed by atoms with E-state index in [1.165, 1.54) is 18.5 Å². The van der Waals surface area contributed by atoms with Crippen molar-refractivity contribution < 1.29 is 4.79 Å². The number of pyridine rings is 2. The van der Waals surface area contributed by atoms with Gasteiger partial charge in [-0.15, -0.1) is 0 Å². The van der Waals surface area contributed by atoms with Gasteiger partial charge in [-0.3, -0.25) is 4.79 Å². The van der Waals surface area contributed by atoms with Crippen molar-refractivity contribution in [1.29, 1.82) is 0 Å². The maximum Gasteiger partial charge on any atom is 0.258 e. The van der Waals surface area contributed by atoms with Crippen LogP contribution in [0.4, 0.5) is 11.6 Å². The zero-order chi connectivity index (χ0) is 13.1. The summed E-state index contributed by atoms with van der Waals surface area (Å²) in [7, 11) is 0. The Balaban J connectivity index is 2.28. The number of nitrogen functional groups attached to an aromatic ring is 1. The highest BCUT2D eigenvalue weighted by atomic mass is 79.9. The number of hydrogen-bond donors (Lipinski definition) is 2. The quantitative estimate of drug-likeness (QED) is 0.888.